The number of sulfonamides is 1. The molecule has 5 rings (SSSR count). The Morgan fingerprint density at radius 2 is 1.88 bits per heavy atom. The molecule has 2 heterocycles. The smallest absolute Gasteiger partial charge is 0.242 e. The van der Waals surface area contributed by atoms with Crippen LogP contribution in [0.15, 0.2) is 60.8 Å². The summed E-state index contributed by atoms with van der Waals surface area (Å²) < 4.78 is 48.5. The second-order valence-electron chi connectivity index (χ2n) is 11.2. The zero-order valence-corrected chi connectivity index (χ0v) is 25.7. The van der Waals surface area contributed by atoms with E-state index in [2.05, 4.69) is 15.6 Å². The summed E-state index contributed by atoms with van der Waals surface area (Å²) in [5.41, 5.74) is 8.66. The Balaban J connectivity index is 1.37. The van der Waals surface area contributed by atoms with E-state index in [0.717, 1.165) is 5.56 Å². The number of hydrogen-bond donors (Lipinski definition) is 3. The van der Waals surface area contributed by atoms with Crippen molar-refractivity contribution in [2.75, 3.05) is 25.5 Å². The van der Waals surface area contributed by atoms with Gasteiger partial charge in [0.15, 0.2) is 0 Å². The van der Waals surface area contributed by atoms with Crippen LogP contribution in [0, 0.1) is 5.82 Å². The summed E-state index contributed by atoms with van der Waals surface area (Å²) in [5, 5.41) is 6.38. The first-order valence-corrected chi connectivity index (χ1v) is 16.3. The van der Waals surface area contributed by atoms with E-state index in [1.54, 1.807) is 53.0 Å². The molecule has 1 saturated heterocycles. The zero-order valence-electron chi connectivity index (χ0n) is 24.2. The maximum Gasteiger partial charge on any atom is 0.242 e. The van der Waals surface area contributed by atoms with Crippen LogP contribution in [0.1, 0.15) is 48.8 Å². The molecule has 3 aromatic rings. The van der Waals surface area contributed by atoms with Gasteiger partial charge in [0.2, 0.25) is 21.8 Å². The van der Waals surface area contributed by atoms with E-state index in [1.165, 1.54) is 19.2 Å². The molecule has 2 fully saturated rings. The average Bonchev–Trinajstić information content (AvgIpc) is 3.85. The maximum atomic E-state index is 15.2. The molecule has 4 N–H and O–H groups in total. The lowest BCUT2D eigenvalue weighted by atomic mass is 9.85. The average molecular weight is 630 g/mol. The quantitative estimate of drug-likeness (QED) is 0.292. The number of piperazine rings is 1. The molecule has 1 amide bonds. The number of nitrogens with one attached hydrogen (secondary N) is 2. The SMILES string of the molecule is COc1ccc([C@H](c2ccc(Cl)cc2)[C@H](N)C(=O)Nc2cccc(F)c2CC[C@H]2CNC[C@@H](C)N2S(=O)(=O)C2CC2)cn1. The molecule has 1 aliphatic heterocycles. The molecule has 0 radical (unpaired) electrons. The first kappa shape index (κ1) is 31.3. The molecule has 43 heavy (non-hydrogen) atoms. The number of benzene rings is 2. The Morgan fingerprint density at radius 3 is 2.53 bits per heavy atom. The third-order valence-corrected chi connectivity index (χ3v) is 11.0. The van der Waals surface area contributed by atoms with Gasteiger partial charge in [-0.25, -0.2) is 17.8 Å². The molecule has 4 atom stereocenters. The molecule has 9 nitrogen and oxygen atoms in total. The molecule has 0 bridgehead atoms. The zero-order chi connectivity index (χ0) is 30.7. The van der Waals surface area contributed by atoms with Crippen molar-refractivity contribution < 1.29 is 22.3 Å². The lowest BCUT2D eigenvalue weighted by Crippen LogP contribution is -2.59. The number of carbonyl (C=O) groups excluding carboxylic acids is 1. The summed E-state index contributed by atoms with van der Waals surface area (Å²) in [7, 11) is -1.90. The Bertz CT molecular complexity index is 1540. The Morgan fingerprint density at radius 1 is 1.16 bits per heavy atom. The van der Waals surface area contributed by atoms with E-state index in [1.807, 2.05) is 6.92 Å². The van der Waals surface area contributed by atoms with Crippen LogP contribution in [0.5, 0.6) is 5.88 Å². The molecule has 1 saturated carbocycles. The second kappa shape index (κ2) is 13.3. The van der Waals surface area contributed by atoms with E-state index >= 15 is 4.39 Å². The number of nitrogens with zero attached hydrogens (tertiary/aromatic N) is 2. The molecule has 0 spiro atoms. The Labute approximate surface area is 257 Å². The van der Waals surface area contributed by atoms with Gasteiger partial charge in [-0.2, -0.15) is 4.31 Å². The van der Waals surface area contributed by atoms with Crippen molar-refractivity contribution in [3.63, 3.8) is 0 Å². The topological polar surface area (TPSA) is 127 Å². The molecular weight excluding hydrogens is 593 g/mol. The van der Waals surface area contributed by atoms with Crippen LogP contribution in [0.25, 0.3) is 0 Å². The minimum absolute atomic E-state index is 0.195. The number of anilines is 1. The summed E-state index contributed by atoms with van der Waals surface area (Å²) in [6, 6.07) is 13.5. The molecule has 12 heteroatoms. The van der Waals surface area contributed by atoms with Crippen molar-refractivity contribution in [2.45, 2.75) is 61.9 Å². The number of pyridine rings is 1. The van der Waals surface area contributed by atoms with E-state index in [-0.39, 0.29) is 23.8 Å². The highest BCUT2D eigenvalue weighted by atomic mass is 35.5. The van der Waals surface area contributed by atoms with Crippen molar-refractivity contribution >= 4 is 33.2 Å². The fourth-order valence-corrected chi connectivity index (χ4v) is 8.18. The lowest BCUT2D eigenvalue weighted by molar-refractivity contribution is -0.117. The number of hydrogen-bond acceptors (Lipinski definition) is 7. The molecule has 1 aromatic heterocycles. The highest BCUT2D eigenvalue weighted by molar-refractivity contribution is 7.90. The van der Waals surface area contributed by atoms with Gasteiger partial charge in [0.25, 0.3) is 0 Å². The molecule has 1 aliphatic carbocycles. The Kier molecular flexibility index (Phi) is 9.67. The van der Waals surface area contributed by atoms with Gasteiger partial charge in [-0.05, 0) is 68.0 Å². The van der Waals surface area contributed by atoms with Crippen molar-refractivity contribution in [3.05, 3.63) is 88.3 Å². The first-order chi connectivity index (χ1) is 20.6. The number of aromatic nitrogens is 1. The maximum absolute atomic E-state index is 15.2. The minimum Gasteiger partial charge on any atom is -0.481 e. The Hall–Kier alpha value is -3.09. The second-order valence-corrected chi connectivity index (χ2v) is 13.8. The number of nitrogens with two attached hydrogens (primary N) is 1. The number of halogens is 2. The van der Waals surface area contributed by atoms with Crippen LogP contribution in [-0.2, 0) is 21.2 Å². The summed E-state index contributed by atoms with van der Waals surface area (Å²) in [5.74, 6) is -1.14. The number of carbonyl (C=O) groups is 1. The van der Waals surface area contributed by atoms with Crippen molar-refractivity contribution in [1.82, 2.24) is 14.6 Å². The fraction of sp³-hybridized carbons (Fsp3) is 0.419. The minimum atomic E-state index is -3.42. The van der Waals surface area contributed by atoms with Gasteiger partial charge in [0.05, 0.1) is 18.4 Å². The number of rotatable bonds is 11. The predicted molar refractivity (Wildman–Crippen MR) is 165 cm³/mol. The van der Waals surface area contributed by atoms with Gasteiger partial charge in [0.1, 0.15) is 5.82 Å². The van der Waals surface area contributed by atoms with Crippen molar-refractivity contribution in [2.24, 2.45) is 5.73 Å². The van der Waals surface area contributed by atoms with E-state index in [4.69, 9.17) is 22.1 Å². The van der Waals surface area contributed by atoms with Gasteiger partial charge < -0.3 is 21.1 Å². The number of ether oxygens (including phenoxy) is 1. The summed E-state index contributed by atoms with van der Waals surface area (Å²) in [4.78, 5) is 17.9. The van der Waals surface area contributed by atoms with E-state index in [9.17, 15) is 13.2 Å². The standard InChI is InChI=1S/C31H37ClFN5O4S/c1-19-16-35-18-23(38(19)43(40,41)24-12-13-24)11-14-25-26(33)4-3-5-27(25)37-31(39)30(34)29(20-6-9-22(32)10-7-20)21-8-15-28(42-2)36-17-21/h3-10,15,17,19,23-24,29-30,35H,11-14,16,18,34H2,1-2H3,(H,37,39)/t19-,23+,29+,30+/m1/s1. The molecule has 2 aliphatic rings. The number of amides is 1. The molecule has 230 valence electrons. The fourth-order valence-electron chi connectivity index (χ4n) is 5.81. The lowest BCUT2D eigenvalue weighted by Gasteiger charge is -2.40. The molecular formula is C31H37ClFN5O4S. The van der Waals surface area contributed by atoms with Gasteiger partial charge in [-0.1, -0.05) is 35.9 Å². The van der Waals surface area contributed by atoms with Crippen molar-refractivity contribution in [1.29, 1.82) is 0 Å². The van der Waals surface area contributed by atoms with Gasteiger partial charge in [-0.15, -0.1) is 0 Å². The van der Waals surface area contributed by atoms with E-state index in [0.29, 0.717) is 60.1 Å². The first-order valence-electron chi connectivity index (χ1n) is 14.4. The highest BCUT2D eigenvalue weighted by Gasteiger charge is 2.45. The van der Waals surface area contributed by atoms with Gasteiger partial charge >= 0.3 is 0 Å². The van der Waals surface area contributed by atoms with Gasteiger partial charge in [-0.3, -0.25) is 4.79 Å². The van der Waals surface area contributed by atoms with Crippen LogP contribution < -0.4 is 21.1 Å². The van der Waals surface area contributed by atoms with Crippen LogP contribution in [0.2, 0.25) is 5.02 Å². The van der Waals surface area contributed by atoms with Crippen LogP contribution in [0.4, 0.5) is 10.1 Å². The summed E-state index contributed by atoms with van der Waals surface area (Å²) in [6.45, 7) is 2.94. The number of methoxy groups -OCH3 is 1. The third-order valence-electron chi connectivity index (χ3n) is 8.18. The highest BCUT2D eigenvalue weighted by Crippen LogP contribution is 2.35. The normalized spacial score (nSPS) is 20.8. The summed E-state index contributed by atoms with van der Waals surface area (Å²) >= 11 is 6.11. The van der Waals surface area contributed by atoms with Crippen LogP contribution in [-0.4, -0.2) is 67.2 Å². The van der Waals surface area contributed by atoms with Crippen LogP contribution >= 0.6 is 11.6 Å². The molecule has 2 aromatic carbocycles. The van der Waals surface area contributed by atoms with Crippen molar-refractivity contribution in [3.8, 4) is 5.88 Å². The van der Waals surface area contributed by atoms with E-state index < -0.39 is 33.7 Å². The molecule has 0 unspecified atom stereocenters. The van der Waals surface area contributed by atoms with Gasteiger partial charge in [0, 0.05) is 59.6 Å². The largest absolute Gasteiger partial charge is 0.481 e. The third kappa shape index (κ3) is 7.02. The summed E-state index contributed by atoms with van der Waals surface area (Å²) in [6.07, 6.45) is 3.60. The van der Waals surface area contributed by atoms with Crippen LogP contribution in [0.3, 0.4) is 0 Å². The predicted octanol–water partition coefficient (Wildman–Crippen LogP) is 4.07. The monoisotopic (exact) mass is 629 g/mol.